The molecule has 0 saturated carbocycles. The minimum atomic E-state index is 0.197. The van der Waals surface area contributed by atoms with E-state index in [4.69, 9.17) is 5.73 Å². The number of nitrogen functional groups attached to an aromatic ring is 1. The van der Waals surface area contributed by atoms with Crippen LogP contribution in [0.1, 0.15) is 44.2 Å². The molecule has 0 aromatic heterocycles. The molecule has 0 heterocycles. The molecule has 2 rings (SSSR count). The van der Waals surface area contributed by atoms with Crippen LogP contribution >= 0.6 is 0 Å². The Bertz CT molecular complexity index is 377. The standard InChI is InChI=1S/C14H22N2/c1-14(2,3)16-9-10-7-8-12-11(10)5-4-6-13(12)15/h4-6,10,16H,7-9,15H2,1-3H3. The molecule has 0 aliphatic heterocycles. The second kappa shape index (κ2) is 4.10. The molecule has 0 spiro atoms. The minimum absolute atomic E-state index is 0.197. The van der Waals surface area contributed by atoms with Crippen LogP contribution in [0.4, 0.5) is 5.69 Å². The largest absolute Gasteiger partial charge is 0.398 e. The zero-order chi connectivity index (χ0) is 11.8. The zero-order valence-electron chi connectivity index (χ0n) is 10.5. The summed E-state index contributed by atoms with van der Waals surface area (Å²) in [5, 5.41) is 3.58. The van der Waals surface area contributed by atoms with E-state index in [1.54, 1.807) is 0 Å². The number of nitrogens with one attached hydrogen (secondary N) is 1. The lowest BCUT2D eigenvalue weighted by atomic mass is 9.99. The van der Waals surface area contributed by atoms with E-state index in [1.165, 1.54) is 17.5 Å². The molecule has 1 aromatic carbocycles. The molecule has 2 heteroatoms. The van der Waals surface area contributed by atoms with Gasteiger partial charge in [-0.1, -0.05) is 12.1 Å². The Hall–Kier alpha value is -1.02. The predicted octanol–water partition coefficient (Wildman–Crippen LogP) is 2.69. The van der Waals surface area contributed by atoms with Crippen LogP contribution in [0.25, 0.3) is 0 Å². The van der Waals surface area contributed by atoms with E-state index in [1.807, 2.05) is 6.07 Å². The van der Waals surface area contributed by atoms with Gasteiger partial charge < -0.3 is 11.1 Å². The highest BCUT2D eigenvalue weighted by Crippen LogP contribution is 2.35. The van der Waals surface area contributed by atoms with E-state index in [0.29, 0.717) is 5.92 Å². The monoisotopic (exact) mass is 218 g/mol. The van der Waals surface area contributed by atoms with Crippen LogP contribution in [0.15, 0.2) is 18.2 Å². The second-order valence-electron chi connectivity index (χ2n) is 5.78. The van der Waals surface area contributed by atoms with Crippen LogP contribution in [0.2, 0.25) is 0 Å². The Morgan fingerprint density at radius 1 is 1.38 bits per heavy atom. The van der Waals surface area contributed by atoms with E-state index in [0.717, 1.165) is 18.7 Å². The maximum Gasteiger partial charge on any atom is 0.0349 e. The Kier molecular flexibility index (Phi) is 2.94. The third-order valence-corrected chi connectivity index (χ3v) is 3.31. The molecule has 88 valence electrons. The second-order valence-corrected chi connectivity index (χ2v) is 5.78. The summed E-state index contributed by atoms with van der Waals surface area (Å²) in [6.07, 6.45) is 2.37. The van der Waals surface area contributed by atoms with Gasteiger partial charge in [-0.2, -0.15) is 0 Å². The van der Waals surface area contributed by atoms with E-state index >= 15 is 0 Å². The summed E-state index contributed by atoms with van der Waals surface area (Å²) in [7, 11) is 0. The fourth-order valence-corrected chi connectivity index (χ4v) is 2.41. The first-order valence-electron chi connectivity index (χ1n) is 6.09. The molecule has 1 aromatic rings. The summed E-state index contributed by atoms with van der Waals surface area (Å²) in [6, 6.07) is 6.32. The van der Waals surface area contributed by atoms with Gasteiger partial charge in [0.25, 0.3) is 0 Å². The van der Waals surface area contributed by atoms with Gasteiger partial charge in [0.2, 0.25) is 0 Å². The van der Waals surface area contributed by atoms with E-state index in [-0.39, 0.29) is 5.54 Å². The van der Waals surface area contributed by atoms with Gasteiger partial charge in [0.1, 0.15) is 0 Å². The number of rotatable bonds is 2. The van der Waals surface area contributed by atoms with Gasteiger partial charge in [-0.3, -0.25) is 0 Å². The highest BCUT2D eigenvalue weighted by atomic mass is 14.9. The van der Waals surface area contributed by atoms with Crippen LogP contribution in [0.5, 0.6) is 0 Å². The van der Waals surface area contributed by atoms with Crippen LogP contribution in [0, 0.1) is 0 Å². The van der Waals surface area contributed by atoms with E-state index in [9.17, 15) is 0 Å². The Labute approximate surface area is 98.2 Å². The molecule has 16 heavy (non-hydrogen) atoms. The molecule has 1 unspecified atom stereocenters. The highest BCUT2D eigenvalue weighted by Gasteiger charge is 2.24. The molecule has 3 N–H and O–H groups in total. The first kappa shape index (κ1) is 11.5. The van der Waals surface area contributed by atoms with Crippen LogP contribution in [0.3, 0.4) is 0 Å². The minimum Gasteiger partial charge on any atom is -0.398 e. The lowest BCUT2D eigenvalue weighted by molar-refractivity contribution is 0.405. The Morgan fingerprint density at radius 3 is 2.81 bits per heavy atom. The SMILES string of the molecule is CC(C)(C)NCC1CCc2c(N)cccc21. The molecular formula is C14H22N2. The summed E-state index contributed by atoms with van der Waals surface area (Å²) < 4.78 is 0. The lowest BCUT2D eigenvalue weighted by Gasteiger charge is -2.23. The first-order valence-corrected chi connectivity index (χ1v) is 6.09. The van der Waals surface area contributed by atoms with Crippen LogP contribution in [-0.2, 0) is 6.42 Å². The Balaban J connectivity index is 2.09. The molecule has 0 bridgehead atoms. The lowest BCUT2D eigenvalue weighted by Crippen LogP contribution is -2.38. The average Bonchev–Trinajstić information content (AvgIpc) is 2.58. The third kappa shape index (κ3) is 2.38. The van der Waals surface area contributed by atoms with Crippen LogP contribution < -0.4 is 11.1 Å². The van der Waals surface area contributed by atoms with Crippen molar-refractivity contribution in [3.05, 3.63) is 29.3 Å². The molecule has 0 amide bonds. The zero-order valence-corrected chi connectivity index (χ0v) is 10.5. The number of hydrogen-bond donors (Lipinski definition) is 2. The van der Waals surface area contributed by atoms with Gasteiger partial charge in [-0.05, 0) is 56.7 Å². The van der Waals surface area contributed by atoms with Crippen molar-refractivity contribution in [1.82, 2.24) is 5.32 Å². The van der Waals surface area contributed by atoms with Gasteiger partial charge in [0.15, 0.2) is 0 Å². The van der Waals surface area contributed by atoms with E-state index < -0.39 is 0 Å². The number of fused-ring (bicyclic) bond motifs is 1. The molecule has 1 aliphatic rings. The first-order chi connectivity index (χ1) is 7.47. The van der Waals surface area contributed by atoms with Crippen molar-refractivity contribution in [3.63, 3.8) is 0 Å². The number of nitrogens with two attached hydrogens (primary N) is 1. The van der Waals surface area contributed by atoms with Gasteiger partial charge in [0.05, 0.1) is 0 Å². The molecular weight excluding hydrogens is 196 g/mol. The quantitative estimate of drug-likeness (QED) is 0.749. The maximum atomic E-state index is 6.00. The highest BCUT2D eigenvalue weighted by molar-refractivity contribution is 5.54. The topological polar surface area (TPSA) is 38.0 Å². The van der Waals surface area contributed by atoms with Gasteiger partial charge in [-0.15, -0.1) is 0 Å². The van der Waals surface area contributed by atoms with Crippen LogP contribution in [-0.4, -0.2) is 12.1 Å². The molecule has 2 nitrogen and oxygen atoms in total. The molecule has 1 atom stereocenters. The summed E-state index contributed by atoms with van der Waals surface area (Å²) in [5.74, 6) is 0.637. The van der Waals surface area contributed by atoms with E-state index in [2.05, 4.69) is 38.2 Å². The number of benzene rings is 1. The number of hydrogen-bond acceptors (Lipinski definition) is 2. The third-order valence-electron chi connectivity index (χ3n) is 3.31. The van der Waals surface area contributed by atoms with Gasteiger partial charge in [-0.25, -0.2) is 0 Å². The van der Waals surface area contributed by atoms with Crippen molar-refractivity contribution in [1.29, 1.82) is 0 Å². The van der Waals surface area contributed by atoms with Crippen molar-refractivity contribution in [2.45, 2.75) is 45.1 Å². The smallest absolute Gasteiger partial charge is 0.0349 e. The number of anilines is 1. The predicted molar refractivity (Wildman–Crippen MR) is 69.7 cm³/mol. The summed E-state index contributed by atoms with van der Waals surface area (Å²) in [4.78, 5) is 0. The Morgan fingerprint density at radius 2 is 2.12 bits per heavy atom. The summed E-state index contributed by atoms with van der Waals surface area (Å²) in [5.41, 5.74) is 9.99. The van der Waals surface area contributed by atoms with Crippen molar-refractivity contribution < 1.29 is 0 Å². The van der Waals surface area contributed by atoms with Crippen molar-refractivity contribution in [3.8, 4) is 0 Å². The van der Waals surface area contributed by atoms with Gasteiger partial charge >= 0.3 is 0 Å². The van der Waals surface area contributed by atoms with Crippen molar-refractivity contribution in [2.24, 2.45) is 0 Å². The molecule has 0 radical (unpaired) electrons. The summed E-state index contributed by atoms with van der Waals surface area (Å²) in [6.45, 7) is 7.69. The fraction of sp³-hybridized carbons (Fsp3) is 0.571. The maximum absolute atomic E-state index is 6.00. The summed E-state index contributed by atoms with van der Waals surface area (Å²) >= 11 is 0. The molecule has 0 saturated heterocycles. The molecule has 0 fully saturated rings. The van der Waals surface area contributed by atoms with Crippen molar-refractivity contribution >= 4 is 5.69 Å². The fourth-order valence-electron chi connectivity index (χ4n) is 2.41. The normalized spacial score (nSPS) is 19.8. The molecule has 1 aliphatic carbocycles. The van der Waals surface area contributed by atoms with Gasteiger partial charge in [0, 0.05) is 17.8 Å². The average molecular weight is 218 g/mol. The van der Waals surface area contributed by atoms with Crippen molar-refractivity contribution in [2.75, 3.05) is 12.3 Å².